The van der Waals surface area contributed by atoms with Gasteiger partial charge < -0.3 is 16.0 Å². The number of rotatable bonds is 5. The molecule has 1 aliphatic rings. The Balaban J connectivity index is 1.51. The van der Waals surface area contributed by atoms with Crippen molar-refractivity contribution in [1.29, 1.82) is 0 Å². The number of nitrogens with two attached hydrogens (primary N) is 1. The highest BCUT2D eigenvalue weighted by atomic mass is 35.5. The molecule has 0 atom stereocenters. The number of piperidine rings is 1. The van der Waals surface area contributed by atoms with Crippen LogP contribution in [0.2, 0.25) is 5.02 Å². The molecule has 0 aliphatic carbocycles. The van der Waals surface area contributed by atoms with Crippen LogP contribution in [0.5, 0.6) is 0 Å². The van der Waals surface area contributed by atoms with Crippen LogP contribution in [0.1, 0.15) is 40.4 Å². The van der Waals surface area contributed by atoms with Crippen molar-refractivity contribution in [3.8, 4) is 11.3 Å². The van der Waals surface area contributed by atoms with Crippen LogP contribution in [0.25, 0.3) is 11.3 Å². The molecule has 4 rings (SSSR count). The van der Waals surface area contributed by atoms with Gasteiger partial charge in [0.05, 0.1) is 17.5 Å². The summed E-state index contributed by atoms with van der Waals surface area (Å²) in [6.07, 6.45) is 3.70. The normalized spacial score (nSPS) is 15.0. The van der Waals surface area contributed by atoms with Gasteiger partial charge in [0.15, 0.2) is 0 Å². The van der Waals surface area contributed by atoms with E-state index < -0.39 is 11.7 Å². The molecule has 1 aromatic heterocycles. The van der Waals surface area contributed by atoms with Gasteiger partial charge in [0, 0.05) is 23.0 Å². The number of aromatic nitrogens is 2. The summed E-state index contributed by atoms with van der Waals surface area (Å²) in [6, 6.07) is 11.5. The molecule has 2 heterocycles. The lowest BCUT2D eigenvalue weighted by Crippen LogP contribution is -2.29. The average Bonchev–Trinajstić information content (AvgIpc) is 2.78. The topological polar surface area (TPSA) is 84.1 Å². The second-order valence-electron chi connectivity index (χ2n) is 8.11. The van der Waals surface area contributed by atoms with Crippen molar-refractivity contribution < 1.29 is 9.18 Å². The molecule has 0 spiro atoms. The molecule has 8 heteroatoms. The second-order valence-corrected chi connectivity index (χ2v) is 8.55. The maximum Gasteiger partial charge on any atom is 0.254 e. The first-order chi connectivity index (χ1) is 15.4. The number of benzene rings is 2. The van der Waals surface area contributed by atoms with Crippen LogP contribution in [-0.2, 0) is 6.54 Å². The van der Waals surface area contributed by atoms with Crippen molar-refractivity contribution in [2.24, 2.45) is 0 Å². The quantitative estimate of drug-likeness (QED) is 0.603. The van der Waals surface area contributed by atoms with Gasteiger partial charge in [-0.15, -0.1) is 0 Å². The molecule has 0 bridgehead atoms. The Morgan fingerprint density at radius 2 is 2.03 bits per heavy atom. The standard InChI is InChI=1S/C24H25ClFN5O/c1-31-9-7-16(8-10-31)21-14-28-23(27)22(30-21)17-5-6-19(20(26)12-17)24(32)29-13-15-3-2-4-18(25)11-15/h2-6,11-12,14,16H,7-10,13H2,1H3,(H2,27,28)(H,29,32). The van der Waals surface area contributed by atoms with E-state index in [1.807, 2.05) is 6.07 Å². The molecule has 6 nitrogen and oxygen atoms in total. The highest BCUT2D eigenvalue weighted by Crippen LogP contribution is 2.30. The molecule has 3 aromatic rings. The molecule has 0 saturated carbocycles. The maximum absolute atomic E-state index is 14.8. The van der Waals surface area contributed by atoms with E-state index in [-0.39, 0.29) is 17.9 Å². The zero-order chi connectivity index (χ0) is 22.7. The summed E-state index contributed by atoms with van der Waals surface area (Å²) in [5.74, 6) is -0.608. The largest absolute Gasteiger partial charge is 0.382 e. The Morgan fingerprint density at radius 1 is 1.25 bits per heavy atom. The third-order valence-corrected chi connectivity index (χ3v) is 6.02. The van der Waals surface area contributed by atoms with E-state index in [1.165, 1.54) is 12.1 Å². The number of nitrogens with one attached hydrogen (secondary N) is 1. The first-order valence-corrected chi connectivity index (χ1v) is 10.9. The minimum atomic E-state index is -0.642. The van der Waals surface area contributed by atoms with E-state index in [4.69, 9.17) is 22.3 Å². The lowest BCUT2D eigenvalue weighted by Gasteiger charge is -2.28. The van der Waals surface area contributed by atoms with Gasteiger partial charge >= 0.3 is 0 Å². The minimum Gasteiger partial charge on any atom is -0.382 e. The van der Waals surface area contributed by atoms with Crippen molar-refractivity contribution in [1.82, 2.24) is 20.2 Å². The summed E-state index contributed by atoms with van der Waals surface area (Å²) >= 11 is 5.96. The number of amides is 1. The average molecular weight is 454 g/mol. The van der Waals surface area contributed by atoms with Gasteiger partial charge in [0.1, 0.15) is 17.3 Å². The molecule has 1 amide bonds. The fourth-order valence-electron chi connectivity index (χ4n) is 3.90. The Hall–Kier alpha value is -3.03. The Labute approximate surface area is 191 Å². The number of anilines is 1. The van der Waals surface area contributed by atoms with E-state index in [1.54, 1.807) is 30.5 Å². The van der Waals surface area contributed by atoms with Crippen molar-refractivity contribution >= 4 is 23.3 Å². The van der Waals surface area contributed by atoms with Gasteiger partial charge in [0.2, 0.25) is 0 Å². The van der Waals surface area contributed by atoms with Crippen molar-refractivity contribution in [3.05, 3.63) is 76.3 Å². The van der Waals surface area contributed by atoms with E-state index in [9.17, 15) is 9.18 Å². The second kappa shape index (κ2) is 9.63. The Kier molecular flexibility index (Phi) is 6.67. The first-order valence-electron chi connectivity index (χ1n) is 10.5. The van der Waals surface area contributed by atoms with E-state index >= 15 is 0 Å². The van der Waals surface area contributed by atoms with Gasteiger partial charge in [-0.2, -0.15) is 0 Å². The van der Waals surface area contributed by atoms with Gasteiger partial charge in [0.25, 0.3) is 5.91 Å². The monoisotopic (exact) mass is 453 g/mol. The SMILES string of the molecule is CN1CCC(c2cnc(N)c(-c3ccc(C(=O)NCc4cccc(Cl)c4)c(F)c3)n2)CC1. The zero-order valence-corrected chi connectivity index (χ0v) is 18.6. The van der Waals surface area contributed by atoms with Crippen molar-refractivity contribution in [2.75, 3.05) is 25.9 Å². The summed E-state index contributed by atoms with van der Waals surface area (Å²) in [7, 11) is 2.10. The fraction of sp³-hybridized carbons (Fsp3) is 0.292. The molecule has 1 fully saturated rings. The summed E-state index contributed by atoms with van der Waals surface area (Å²) in [4.78, 5) is 23.8. The van der Waals surface area contributed by atoms with Crippen LogP contribution in [0, 0.1) is 5.82 Å². The molecule has 2 aromatic carbocycles. The lowest BCUT2D eigenvalue weighted by atomic mass is 9.94. The number of likely N-dealkylation sites (tertiary alicyclic amines) is 1. The summed E-state index contributed by atoms with van der Waals surface area (Å²) < 4.78 is 14.8. The van der Waals surface area contributed by atoms with Crippen LogP contribution < -0.4 is 11.1 Å². The van der Waals surface area contributed by atoms with E-state index in [2.05, 4.69) is 22.2 Å². The molecule has 0 radical (unpaired) electrons. The summed E-state index contributed by atoms with van der Waals surface area (Å²) in [6.45, 7) is 2.25. The summed E-state index contributed by atoms with van der Waals surface area (Å²) in [5.41, 5.74) is 8.63. The maximum atomic E-state index is 14.8. The third-order valence-electron chi connectivity index (χ3n) is 5.79. The van der Waals surface area contributed by atoms with Gasteiger partial charge in [-0.1, -0.05) is 29.8 Å². The Bertz CT molecular complexity index is 1130. The predicted octanol–water partition coefficient (Wildman–Crippen LogP) is 4.26. The third kappa shape index (κ3) is 5.06. The zero-order valence-electron chi connectivity index (χ0n) is 17.8. The van der Waals surface area contributed by atoms with Gasteiger partial charge in [-0.25, -0.2) is 14.4 Å². The van der Waals surface area contributed by atoms with Crippen LogP contribution in [-0.4, -0.2) is 40.9 Å². The number of nitrogens with zero attached hydrogens (tertiary/aromatic N) is 3. The van der Waals surface area contributed by atoms with Crippen LogP contribution >= 0.6 is 11.6 Å². The lowest BCUT2D eigenvalue weighted by molar-refractivity contribution is 0.0947. The van der Waals surface area contributed by atoms with E-state index in [0.29, 0.717) is 22.2 Å². The first kappa shape index (κ1) is 22.2. The molecular weight excluding hydrogens is 429 g/mol. The molecule has 3 N–H and O–H groups in total. The van der Waals surface area contributed by atoms with Crippen molar-refractivity contribution in [2.45, 2.75) is 25.3 Å². The van der Waals surface area contributed by atoms with Crippen LogP contribution in [0.3, 0.4) is 0 Å². The summed E-state index contributed by atoms with van der Waals surface area (Å²) in [5, 5.41) is 3.29. The highest BCUT2D eigenvalue weighted by molar-refractivity contribution is 6.30. The number of halogens is 2. The number of hydrogen-bond acceptors (Lipinski definition) is 5. The molecule has 1 aliphatic heterocycles. The van der Waals surface area contributed by atoms with E-state index in [0.717, 1.165) is 37.2 Å². The van der Waals surface area contributed by atoms with Gasteiger partial charge in [-0.3, -0.25) is 4.79 Å². The number of hydrogen-bond donors (Lipinski definition) is 2. The predicted molar refractivity (Wildman–Crippen MR) is 124 cm³/mol. The molecule has 32 heavy (non-hydrogen) atoms. The number of carbonyl (C=O) groups excluding carboxylic acids is 1. The van der Waals surface area contributed by atoms with Gasteiger partial charge in [-0.05, 0) is 62.8 Å². The minimum absolute atomic E-state index is 0.0474. The fourth-order valence-corrected chi connectivity index (χ4v) is 4.11. The smallest absolute Gasteiger partial charge is 0.254 e. The molecule has 0 unspecified atom stereocenters. The van der Waals surface area contributed by atoms with Crippen molar-refractivity contribution in [3.63, 3.8) is 0 Å². The number of carbonyl (C=O) groups is 1. The Morgan fingerprint density at radius 3 is 2.75 bits per heavy atom. The van der Waals surface area contributed by atoms with Crippen LogP contribution in [0.4, 0.5) is 10.2 Å². The highest BCUT2D eigenvalue weighted by Gasteiger charge is 2.22. The number of nitrogen functional groups attached to an aromatic ring is 1. The molecular formula is C24H25ClFN5O. The molecule has 166 valence electrons. The molecule has 1 saturated heterocycles. The van der Waals surface area contributed by atoms with Crippen LogP contribution in [0.15, 0.2) is 48.7 Å².